The number of aromatic amines is 1. The number of anilines is 1. The van der Waals surface area contributed by atoms with Crippen LogP contribution in [-0.4, -0.2) is 55.7 Å². The molecular formula is C36H43N5O6. The van der Waals surface area contributed by atoms with Crippen molar-refractivity contribution < 1.29 is 23.8 Å². The van der Waals surface area contributed by atoms with E-state index < -0.39 is 12.1 Å². The number of ether oxygens (including phenoxy) is 3. The zero-order valence-electron chi connectivity index (χ0n) is 27.8. The Labute approximate surface area is 274 Å². The first-order chi connectivity index (χ1) is 22.7. The van der Waals surface area contributed by atoms with Crippen LogP contribution in [0.1, 0.15) is 56.6 Å². The molecule has 3 atom stereocenters. The van der Waals surface area contributed by atoms with Gasteiger partial charge in [0.2, 0.25) is 23.0 Å². The Morgan fingerprint density at radius 3 is 2.49 bits per heavy atom. The summed E-state index contributed by atoms with van der Waals surface area (Å²) in [5.74, 6) is 1.73. The molecule has 3 aromatic carbocycles. The number of benzene rings is 2. The predicted octanol–water partition coefficient (Wildman–Crippen LogP) is 4.92. The summed E-state index contributed by atoms with van der Waals surface area (Å²) in [5, 5.41) is 9.32. The van der Waals surface area contributed by atoms with Crippen LogP contribution in [0, 0.1) is 5.92 Å². The first-order valence-electron chi connectivity index (χ1n) is 15.9. The maximum absolute atomic E-state index is 13.9. The van der Waals surface area contributed by atoms with Gasteiger partial charge in [-0.15, -0.1) is 0 Å². The van der Waals surface area contributed by atoms with Crippen LogP contribution in [0.25, 0.3) is 22.2 Å². The minimum absolute atomic E-state index is 0.0754. The highest BCUT2D eigenvalue weighted by Gasteiger charge is 2.30. The largest absolute Gasteiger partial charge is 0.493 e. The number of fused-ring (bicyclic) bond motifs is 4. The van der Waals surface area contributed by atoms with Gasteiger partial charge in [0.05, 0.1) is 44.1 Å². The maximum Gasteiger partial charge on any atom is 0.242 e. The molecule has 0 bridgehead atoms. The molecule has 47 heavy (non-hydrogen) atoms. The molecule has 11 heteroatoms. The van der Waals surface area contributed by atoms with Gasteiger partial charge in [0, 0.05) is 25.5 Å². The van der Waals surface area contributed by atoms with Crippen LogP contribution in [0.3, 0.4) is 0 Å². The lowest BCUT2D eigenvalue weighted by Gasteiger charge is -2.24. The topological polar surface area (TPSA) is 144 Å². The van der Waals surface area contributed by atoms with Crippen molar-refractivity contribution in [3.05, 3.63) is 75.7 Å². The number of nitrogens with zero attached hydrogens (tertiary/aromatic N) is 1. The molecule has 1 aromatic heterocycles. The molecule has 0 unspecified atom stereocenters. The molecule has 11 nitrogen and oxygen atoms in total. The molecule has 4 aromatic rings. The van der Waals surface area contributed by atoms with Crippen molar-refractivity contribution >= 4 is 28.5 Å². The lowest BCUT2D eigenvalue weighted by Crippen LogP contribution is -2.45. The number of aryl methyl sites for hydroxylation is 1. The number of nitrogens with one attached hydrogen (secondary N) is 4. The Hall–Kier alpha value is -5.06. The molecular weight excluding hydrogens is 598 g/mol. The molecule has 0 radical (unpaired) electrons. The van der Waals surface area contributed by atoms with Crippen molar-refractivity contribution in [3.63, 3.8) is 0 Å². The van der Waals surface area contributed by atoms with Crippen LogP contribution in [0.5, 0.6) is 17.2 Å². The van der Waals surface area contributed by atoms with Crippen LogP contribution >= 0.6 is 0 Å². The van der Waals surface area contributed by atoms with E-state index in [2.05, 4.69) is 25.9 Å². The zero-order chi connectivity index (χ0) is 33.7. The normalized spacial score (nSPS) is 15.0. The van der Waals surface area contributed by atoms with E-state index in [1.165, 1.54) is 6.92 Å². The second-order valence-corrected chi connectivity index (χ2v) is 11.8. The van der Waals surface area contributed by atoms with E-state index >= 15 is 0 Å². The van der Waals surface area contributed by atoms with E-state index in [0.29, 0.717) is 48.6 Å². The average molecular weight is 642 g/mol. The quantitative estimate of drug-likeness (QED) is 0.171. The van der Waals surface area contributed by atoms with E-state index in [4.69, 9.17) is 14.2 Å². The molecule has 2 amide bonds. The highest BCUT2D eigenvalue weighted by atomic mass is 16.5. The lowest BCUT2D eigenvalue weighted by molar-refractivity contribution is -0.123. The Balaban J connectivity index is 1.49. The summed E-state index contributed by atoms with van der Waals surface area (Å²) in [6, 6.07) is 13.7. The summed E-state index contributed by atoms with van der Waals surface area (Å²) < 4.78 is 17.2. The van der Waals surface area contributed by atoms with Gasteiger partial charge in [0.25, 0.3) is 0 Å². The van der Waals surface area contributed by atoms with Crippen LogP contribution in [0.15, 0.2) is 53.3 Å². The minimum atomic E-state index is -0.664. The SMILES string of the molecule is CC[C@H](C)[C@@H](Nc1ccc2c(cc1=O)[C@@H](NC(C)=O)CCc1cc(OC)c(OC)c(OC)c1-2)C(=O)NCCc1nc2ccccc2[nH]1. The fourth-order valence-electron chi connectivity index (χ4n) is 6.23. The minimum Gasteiger partial charge on any atom is -0.493 e. The molecule has 1 aliphatic carbocycles. The van der Waals surface area contributed by atoms with Gasteiger partial charge in [-0.3, -0.25) is 14.4 Å². The van der Waals surface area contributed by atoms with Gasteiger partial charge in [-0.25, -0.2) is 4.98 Å². The van der Waals surface area contributed by atoms with E-state index in [-0.39, 0.29) is 28.8 Å². The monoisotopic (exact) mass is 641 g/mol. The second kappa shape index (κ2) is 14.6. The number of carbonyl (C=O) groups is 2. The summed E-state index contributed by atoms with van der Waals surface area (Å²) >= 11 is 0. The van der Waals surface area contributed by atoms with Crippen LogP contribution in [0.4, 0.5) is 5.69 Å². The predicted molar refractivity (Wildman–Crippen MR) is 182 cm³/mol. The maximum atomic E-state index is 13.9. The summed E-state index contributed by atoms with van der Waals surface area (Å²) in [4.78, 5) is 47.6. The van der Waals surface area contributed by atoms with Gasteiger partial charge < -0.3 is 35.1 Å². The zero-order valence-corrected chi connectivity index (χ0v) is 27.8. The molecule has 5 rings (SSSR count). The van der Waals surface area contributed by atoms with Crippen LogP contribution in [0.2, 0.25) is 0 Å². The van der Waals surface area contributed by atoms with E-state index in [1.807, 2.05) is 50.2 Å². The van der Waals surface area contributed by atoms with E-state index in [9.17, 15) is 14.4 Å². The number of methoxy groups -OCH3 is 3. The number of imidazole rings is 1. The average Bonchev–Trinajstić information content (AvgIpc) is 3.34. The molecule has 4 N–H and O–H groups in total. The third-order valence-corrected chi connectivity index (χ3v) is 8.82. The summed E-state index contributed by atoms with van der Waals surface area (Å²) in [6.45, 7) is 5.83. The van der Waals surface area contributed by atoms with Crippen molar-refractivity contribution in [3.8, 4) is 28.4 Å². The Kier molecular flexibility index (Phi) is 10.3. The van der Waals surface area contributed by atoms with E-state index in [0.717, 1.165) is 40.0 Å². The van der Waals surface area contributed by atoms with E-state index in [1.54, 1.807) is 33.5 Å². The number of amides is 2. The van der Waals surface area contributed by atoms with Gasteiger partial charge in [-0.2, -0.15) is 0 Å². The third kappa shape index (κ3) is 7.03. The number of hydrogen-bond acceptors (Lipinski definition) is 8. The standard InChI is InChI=1S/C36H43N5O6/c1-7-20(2)33(36(44)37-17-16-31-39-26-10-8-9-11-27(26)40-31)41-28-15-13-23-24(19-29(28)43)25(38-21(3)42)14-12-22-18-30(45-4)34(46-5)35(47-6)32(22)23/h8-11,13,15,18-20,25,33H,7,12,14,16-17H2,1-6H3,(H,37,44)(H,38,42)(H,39,40)(H,41,43)/t20-,25-,33+/m0/s1. The second-order valence-electron chi connectivity index (χ2n) is 11.8. The van der Waals surface area contributed by atoms with Gasteiger partial charge in [0.1, 0.15) is 11.9 Å². The highest BCUT2D eigenvalue weighted by molar-refractivity contribution is 5.86. The molecule has 0 saturated heterocycles. The summed E-state index contributed by atoms with van der Waals surface area (Å²) in [6.07, 6.45) is 2.40. The molecule has 248 valence electrons. The third-order valence-electron chi connectivity index (χ3n) is 8.82. The van der Waals surface area contributed by atoms with Gasteiger partial charge in [-0.1, -0.05) is 38.5 Å². The summed E-state index contributed by atoms with van der Waals surface area (Å²) in [7, 11) is 4.68. The van der Waals surface area contributed by atoms with Crippen LogP contribution in [-0.2, 0) is 22.4 Å². The molecule has 0 spiro atoms. The van der Waals surface area contributed by atoms with Gasteiger partial charge >= 0.3 is 0 Å². The Morgan fingerprint density at radius 1 is 1.04 bits per heavy atom. The molecule has 0 fully saturated rings. The fourth-order valence-corrected chi connectivity index (χ4v) is 6.23. The number of aromatic nitrogens is 2. The number of para-hydroxylation sites is 2. The van der Waals surface area contributed by atoms with Gasteiger partial charge in [0.15, 0.2) is 11.5 Å². The highest BCUT2D eigenvalue weighted by Crippen LogP contribution is 2.50. The fraction of sp³-hybridized carbons (Fsp3) is 0.389. The number of H-pyrrole nitrogens is 1. The Morgan fingerprint density at radius 2 is 1.81 bits per heavy atom. The number of rotatable bonds is 12. The molecule has 0 aliphatic heterocycles. The number of hydrogen-bond donors (Lipinski definition) is 4. The first kappa shape index (κ1) is 33.3. The molecule has 1 heterocycles. The van der Waals surface area contributed by atoms with Crippen molar-refractivity contribution in [2.24, 2.45) is 5.92 Å². The van der Waals surface area contributed by atoms with Crippen molar-refractivity contribution in [1.29, 1.82) is 0 Å². The van der Waals surface area contributed by atoms with Crippen molar-refractivity contribution in [2.75, 3.05) is 33.2 Å². The Bertz CT molecular complexity index is 1800. The summed E-state index contributed by atoms with van der Waals surface area (Å²) in [5.41, 5.74) is 4.87. The van der Waals surface area contributed by atoms with Crippen molar-refractivity contribution in [2.45, 2.75) is 58.5 Å². The number of carbonyl (C=O) groups excluding carboxylic acids is 2. The van der Waals surface area contributed by atoms with Gasteiger partial charge in [-0.05, 0) is 65.8 Å². The lowest BCUT2D eigenvalue weighted by atomic mass is 9.95. The molecule has 1 aliphatic rings. The molecule has 0 saturated carbocycles. The van der Waals surface area contributed by atoms with Crippen LogP contribution < -0.4 is 35.6 Å². The first-order valence-corrected chi connectivity index (χ1v) is 15.9. The smallest absolute Gasteiger partial charge is 0.242 e. The van der Waals surface area contributed by atoms with Crippen molar-refractivity contribution in [1.82, 2.24) is 20.6 Å².